The third-order valence-electron chi connectivity index (χ3n) is 3.21. The fraction of sp³-hybridized carbons (Fsp3) is 0.267. The predicted octanol–water partition coefficient (Wildman–Crippen LogP) is 4.44. The van der Waals surface area contributed by atoms with E-state index < -0.39 is 4.92 Å². The Balaban J connectivity index is 2.22. The number of benzene rings is 1. The summed E-state index contributed by atoms with van der Waals surface area (Å²) in [5.74, 6) is -0.133. The molecule has 7 heteroatoms. The van der Waals surface area contributed by atoms with E-state index in [1.165, 1.54) is 18.2 Å². The molecule has 2 aromatic rings. The molecule has 1 unspecified atom stereocenters. The molecule has 0 saturated carbocycles. The highest BCUT2D eigenvalue weighted by molar-refractivity contribution is 7.10. The number of nitrogens with one attached hydrogen (secondary N) is 1. The summed E-state index contributed by atoms with van der Waals surface area (Å²) in [6.45, 7) is 4.03. The number of rotatable bonds is 5. The Bertz CT molecular complexity index is 686. The molecule has 0 aliphatic rings. The third kappa shape index (κ3) is 3.64. The Morgan fingerprint density at radius 3 is 2.59 bits per heavy atom. The van der Waals surface area contributed by atoms with Gasteiger partial charge in [-0.15, -0.1) is 11.3 Å². The van der Waals surface area contributed by atoms with Crippen molar-refractivity contribution in [2.75, 3.05) is 0 Å². The van der Waals surface area contributed by atoms with Crippen LogP contribution in [0.5, 0.6) is 0 Å². The zero-order valence-corrected chi connectivity index (χ0v) is 13.6. The molecular formula is C15H15ClN2O3S. The summed E-state index contributed by atoms with van der Waals surface area (Å²) < 4.78 is 0. The Morgan fingerprint density at radius 2 is 2.09 bits per heavy atom. The first-order valence-corrected chi connectivity index (χ1v) is 7.94. The largest absolute Gasteiger partial charge is 0.344 e. The number of non-ortho nitro benzene ring substituents is 1. The number of thiophene rings is 1. The van der Waals surface area contributed by atoms with Crippen molar-refractivity contribution in [2.24, 2.45) is 5.92 Å². The van der Waals surface area contributed by atoms with Crippen LogP contribution >= 0.6 is 22.9 Å². The molecule has 1 atom stereocenters. The van der Waals surface area contributed by atoms with Crippen LogP contribution in [0.1, 0.15) is 35.1 Å². The molecule has 1 N–H and O–H groups in total. The number of carbonyl (C=O) groups excluding carboxylic acids is 1. The minimum absolute atomic E-state index is 0.0698. The highest BCUT2D eigenvalue weighted by atomic mass is 35.5. The molecule has 116 valence electrons. The maximum atomic E-state index is 12.4. The second-order valence-electron chi connectivity index (χ2n) is 5.13. The number of halogens is 1. The highest BCUT2D eigenvalue weighted by Gasteiger charge is 2.22. The molecule has 0 fully saturated rings. The zero-order valence-electron chi connectivity index (χ0n) is 12.1. The molecule has 5 nitrogen and oxygen atoms in total. The smallest absolute Gasteiger partial charge is 0.270 e. The highest BCUT2D eigenvalue weighted by Crippen LogP contribution is 2.28. The van der Waals surface area contributed by atoms with Crippen LogP contribution < -0.4 is 5.32 Å². The van der Waals surface area contributed by atoms with Gasteiger partial charge in [0.15, 0.2) is 0 Å². The summed E-state index contributed by atoms with van der Waals surface area (Å²) in [4.78, 5) is 23.6. The third-order valence-corrected chi connectivity index (χ3v) is 4.48. The van der Waals surface area contributed by atoms with Crippen LogP contribution in [0.4, 0.5) is 5.69 Å². The molecule has 1 aromatic carbocycles. The number of carbonyl (C=O) groups is 1. The molecule has 0 saturated heterocycles. The van der Waals surface area contributed by atoms with Gasteiger partial charge in [-0.3, -0.25) is 14.9 Å². The number of nitro groups is 1. The first kappa shape index (κ1) is 16.5. The predicted molar refractivity (Wildman–Crippen MR) is 87.5 cm³/mol. The quantitative estimate of drug-likeness (QED) is 0.647. The molecule has 22 heavy (non-hydrogen) atoms. The summed E-state index contributed by atoms with van der Waals surface area (Å²) in [7, 11) is 0. The molecule has 0 spiro atoms. The van der Waals surface area contributed by atoms with Crippen LogP contribution in [0.2, 0.25) is 5.02 Å². The van der Waals surface area contributed by atoms with Gasteiger partial charge in [-0.05, 0) is 23.4 Å². The van der Waals surface area contributed by atoms with Gasteiger partial charge in [0.2, 0.25) is 0 Å². The minimum Gasteiger partial charge on any atom is -0.344 e. The number of nitro benzene ring substituents is 1. The van der Waals surface area contributed by atoms with E-state index in [0.717, 1.165) is 4.88 Å². The normalized spacial score (nSPS) is 12.2. The van der Waals surface area contributed by atoms with E-state index in [1.807, 2.05) is 31.4 Å². The van der Waals surface area contributed by atoms with Crippen LogP contribution in [0.3, 0.4) is 0 Å². The lowest BCUT2D eigenvalue weighted by atomic mass is 10.0. The monoisotopic (exact) mass is 338 g/mol. The van der Waals surface area contributed by atoms with Crippen molar-refractivity contribution >= 4 is 34.5 Å². The van der Waals surface area contributed by atoms with Crippen molar-refractivity contribution < 1.29 is 9.72 Å². The number of nitrogens with zero attached hydrogens (tertiary/aromatic N) is 1. The number of amides is 1. The summed E-state index contributed by atoms with van der Waals surface area (Å²) in [5.41, 5.74) is 0.0923. The fourth-order valence-corrected chi connectivity index (χ4v) is 3.26. The van der Waals surface area contributed by atoms with Gasteiger partial charge in [0.25, 0.3) is 11.6 Å². The maximum absolute atomic E-state index is 12.4. The summed E-state index contributed by atoms with van der Waals surface area (Å²) in [5, 5.41) is 15.7. The van der Waals surface area contributed by atoms with Gasteiger partial charge >= 0.3 is 0 Å². The van der Waals surface area contributed by atoms with E-state index in [1.54, 1.807) is 11.3 Å². The lowest BCUT2D eigenvalue weighted by Gasteiger charge is -2.21. The van der Waals surface area contributed by atoms with Crippen molar-refractivity contribution in [1.29, 1.82) is 0 Å². The standard InChI is InChI=1S/C15H15ClN2O3S/c1-9(2)14(13-4-3-7-22-13)17-15(19)11-6-5-10(18(20)21)8-12(11)16/h3-9,14H,1-2H3,(H,17,19). The van der Waals surface area contributed by atoms with E-state index in [0.29, 0.717) is 0 Å². The fourth-order valence-electron chi connectivity index (χ4n) is 2.06. The van der Waals surface area contributed by atoms with Crippen LogP contribution in [-0.2, 0) is 0 Å². The molecule has 0 aliphatic carbocycles. The summed E-state index contributed by atoms with van der Waals surface area (Å²) in [6, 6.07) is 7.61. The van der Waals surface area contributed by atoms with Crippen LogP contribution in [0, 0.1) is 16.0 Å². The maximum Gasteiger partial charge on any atom is 0.270 e. The average molecular weight is 339 g/mol. The van der Waals surface area contributed by atoms with Crippen molar-refractivity contribution in [2.45, 2.75) is 19.9 Å². The summed E-state index contributed by atoms with van der Waals surface area (Å²) in [6.07, 6.45) is 0. The Labute approximate surface area is 137 Å². The Hall–Kier alpha value is -1.92. The molecule has 0 radical (unpaired) electrons. The van der Waals surface area contributed by atoms with Crippen molar-refractivity contribution in [3.8, 4) is 0 Å². The summed E-state index contributed by atoms with van der Waals surface area (Å²) >= 11 is 7.56. The number of hydrogen-bond donors (Lipinski definition) is 1. The van der Waals surface area contributed by atoms with E-state index in [2.05, 4.69) is 5.32 Å². The molecule has 0 bridgehead atoms. The van der Waals surface area contributed by atoms with Gasteiger partial charge in [-0.2, -0.15) is 0 Å². The molecule has 0 aliphatic heterocycles. The second-order valence-corrected chi connectivity index (χ2v) is 6.52. The first-order chi connectivity index (χ1) is 10.4. The van der Waals surface area contributed by atoms with Gasteiger partial charge in [-0.1, -0.05) is 31.5 Å². The van der Waals surface area contributed by atoms with Crippen molar-refractivity contribution in [3.05, 3.63) is 61.3 Å². The molecule has 1 amide bonds. The molecule has 2 rings (SSSR count). The zero-order chi connectivity index (χ0) is 16.3. The van der Waals surface area contributed by atoms with E-state index >= 15 is 0 Å². The van der Waals surface area contributed by atoms with Crippen molar-refractivity contribution in [3.63, 3.8) is 0 Å². The van der Waals surface area contributed by atoms with E-state index in [-0.39, 0.29) is 34.1 Å². The van der Waals surface area contributed by atoms with Crippen LogP contribution in [-0.4, -0.2) is 10.8 Å². The SMILES string of the molecule is CC(C)C(NC(=O)c1ccc([N+](=O)[O-])cc1Cl)c1cccs1. The van der Waals surface area contributed by atoms with E-state index in [4.69, 9.17) is 11.6 Å². The minimum atomic E-state index is -0.546. The topological polar surface area (TPSA) is 72.2 Å². The van der Waals surface area contributed by atoms with Gasteiger partial charge < -0.3 is 5.32 Å². The van der Waals surface area contributed by atoms with Gasteiger partial charge in [0, 0.05) is 17.0 Å². The molecule has 1 aromatic heterocycles. The van der Waals surface area contributed by atoms with Crippen LogP contribution in [0.15, 0.2) is 35.7 Å². The Kier molecular flexibility index (Phi) is 5.15. The van der Waals surface area contributed by atoms with Gasteiger partial charge in [0.05, 0.1) is 21.6 Å². The van der Waals surface area contributed by atoms with Crippen LogP contribution in [0.25, 0.3) is 0 Å². The van der Waals surface area contributed by atoms with Crippen molar-refractivity contribution in [1.82, 2.24) is 5.32 Å². The first-order valence-electron chi connectivity index (χ1n) is 6.68. The lowest BCUT2D eigenvalue weighted by Crippen LogP contribution is -2.31. The van der Waals surface area contributed by atoms with Gasteiger partial charge in [-0.25, -0.2) is 0 Å². The Morgan fingerprint density at radius 1 is 1.36 bits per heavy atom. The molecular weight excluding hydrogens is 324 g/mol. The van der Waals surface area contributed by atoms with E-state index in [9.17, 15) is 14.9 Å². The van der Waals surface area contributed by atoms with Gasteiger partial charge in [0.1, 0.15) is 0 Å². The average Bonchev–Trinajstić information content (AvgIpc) is 2.97. The second kappa shape index (κ2) is 6.89. The number of hydrogen-bond acceptors (Lipinski definition) is 4. The lowest BCUT2D eigenvalue weighted by molar-refractivity contribution is -0.384. The molecule has 1 heterocycles.